The van der Waals surface area contributed by atoms with Crippen molar-refractivity contribution in [1.29, 1.82) is 0 Å². The van der Waals surface area contributed by atoms with Crippen LogP contribution in [0.5, 0.6) is 0 Å². The van der Waals surface area contributed by atoms with Crippen LogP contribution in [-0.4, -0.2) is 15.0 Å². The Morgan fingerprint density at radius 2 is 0.726 bits per heavy atom. The first-order valence-corrected chi connectivity index (χ1v) is 21.9. The smallest absolute Gasteiger partial charge is 0.164 e. The Labute approximate surface area is 363 Å². The van der Waals surface area contributed by atoms with Crippen LogP contribution in [0.15, 0.2) is 212 Å². The lowest BCUT2D eigenvalue weighted by Crippen LogP contribution is -2.26. The fourth-order valence-electron chi connectivity index (χ4n) is 10.4. The quantitative estimate of drug-likeness (QED) is 0.174. The lowest BCUT2D eigenvalue weighted by molar-refractivity contribution is 0.794. The van der Waals surface area contributed by atoms with Crippen molar-refractivity contribution in [3.05, 3.63) is 235 Å². The number of thiophene rings is 1. The molecule has 0 saturated carbocycles. The van der Waals surface area contributed by atoms with Crippen LogP contribution in [0.2, 0.25) is 0 Å². The molecule has 62 heavy (non-hydrogen) atoms. The van der Waals surface area contributed by atoms with E-state index in [0.717, 1.165) is 27.8 Å². The van der Waals surface area contributed by atoms with Crippen LogP contribution in [0.1, 0.15) is 22.3 Å². The fourth-order valence-corrected chi connectivity index (χ4v) is 11.5. The molecule has 11 aromatic rings. The molecule has 288 valence electrons. The van der Waals surface area contributed by atoms with E-state index in [1.54, 1.807) is 0 Å². The number of hydrogen-bond acceptors (Lipinski definition) is 4. The molecule has 0 aliphatic heterocycles. The zero-order chi connectivity index (χ0) is 40.8. The van der Waals surface area contributed by atoms with Crippen molar-refractivity contribution in [3.63, 3.8) is 0 Å². The monoisotopic (exact) mass is 805 g/mol. The summed E-state index contributed by atoms with van der Waals surface area (Å²) in [5.41, 5.74) is 17.1. The van der Waals surface area contributed by atoms with Gasteiger partial charge in [-0.15, -0.1) is 11.3 Å². The highest BCUT2D eigenvalue weighted by Crippen LogP contribution is 2.64. The van der Waals surface area contributed by atoms with Gasteiger partial charge in [0.2, 0.25) is 0 Å². The third kappa shape index (κ3) is 5.08. The van der Waals surface area contributed by atoms with Crippen LogP contribution in [0.3, 0.4) is 0 Å². The normalized spacial score (nSPS) is 13.0. The lowest BCUT2D eigenvalue weighted by Gasteiger charge is -2.31. The summed E-state index contributed by atoms with van der Waals surface area (Å²) < 4.78 is 2.59. The summed E-state index contributed by atoms with van der Waals surface area (Å²) in [5.74, 6) is 1.93. The first kappa shape index (κ1) is 35.0. The molecule has 1 spiro atoms. The Bertz CT molecular complexity index is 3500. The van der Waals surface area contributed by atoms with Crippen molar-refractivity contribution in [1.82, 2.24) is 15.0 Å². The first-order valence-electron chi connectivity index (χ1n) is 21.1. The van der Waals surface area contributed by atoms with E-state index in [4.69, 9.17) is 15.0 Å². The highest BCUT2D eigenvalue weighted by atomic mass is 32.1. The standard InChI is InChI=1S/C58H35N3S/c1-2-14-36(15-3-1)37-28-32-39(33-29-37)55-59-56(40-34-30-38(31-35-40)41-20-13-27-52-53(41)46-19-7-11-26-51(46)62-52)61-57(60-55)47-22-12-21-45-44-18-6-10-25-50(44)58(54(45)47)48-23-8-4-16-42(48)43-17-5-9-24-49(43)58/h1-35H. The Balaban J connectivity index is 1.02. The summed E-state index contributed by atoms with van der Waals surface area (Å²) in [7, 11) is 0. The van der Waals surface area contributed by atoms with E-state index in [-0.39, 0.29) is 0 Å². The van der Waals surface area contributed by atoms with E-state index in [2.05, 4.69) is 212 Å². The molecule has 0 fully saturated rings. The summed E-state index contributed by atoms with van der Waals surface area (Å²) in [5, 5.41) is 2.59. The summed E-state index contributed by atoms with van der Waals surface area (Å²) in [6.07, 6.45) is 0. The second kappa shape index (κ2) is 13.6. The molecular weight excluding hydrogens is 771 g/mol. The van der Waals surface area contributed by atoms with Crippen LogP contribution < -0.4 is 0 Å². The minimum absolute atomic E-state index is 0.547. The van der Waals surface area contributed by atoms with E-state index in [1.807, 2.05) is 11.3 Å². The molecule has 0 N–H and O–H groups in total. The zero-order valence-corrected chi connectivity index (χ0v) is 34.3. The molecule has 0 unspecified atom stereocenters. The SMILES string of the molecule is c1ccc(-c2ccc(-c3nc(-c4ccc(-c5cccc6sc7ccccc7c56)cc4)nc(-c4cccc5c4C4(c6ccccc6-c6ccccc64)c4ccccc4-5)n3)cc2)cc1. The Morgan fingerprint density at radius 3 is 1.39 bits per heavy atom. The van der Waals surface area contributed by atoms with Crippen molar-refractivity contribution in [2.24, 2.45) is 0 Å². The highest BCUT2D eigenvalue weighted by Gasteiger charge is 2.52. The van der Waals surface area contributed by atoms with Gasteiger partial charge in [-0.2, -0.15) is 0 Å². The van der Waals surface area contributed by atoms with Gasteiger partial charge in [0.25, 0.3) is 0 Å². The summed E-state index contributed by atoms with van der Waals surface area (Å²) in [6.45, 7) is 0. The van der Waals surface area contributed by atoms with Crippen molar-refractivity contribution < 1.29 is 0 Å². The third-order valence-electron chi connectivity index (χ3n) is 13.0. The Morgan fingerprint density at radius 1 is 0.290 bits per heavy atom. The highest BCUT2D eigenvalue weighted by molar-refractivity contribution is 7.25. The zero-order valence-electron chi connectivity index (χ0n) is 33.5. The van der Waals surface area contributed by atoms with Gasteiger partial charge in [-0.25, -0.2) is 15.0 Å². The van der Waals surface area contributed by atoms with Gasteiger partial charge in [-0.05, 0) is 78.9 Å². The van der Waals surface area contributed by atoms with Crippen LogP contribution in [0, 0.1) is 0 Å². The van der Waals surface area contributed by atoms with Crippen LogP contribution in [0.25, 0.3) is 98.8 Å². The van der Waals surface area contributed by atoms with Gasteiger partial charge in [0, 0.05) is 36.9 Å². The molecular formula is C58H35N3S. The summed E-state index contributed by atoms with van der Waals surface area (Å²) in [6, 6.07) is 76.6. The van der Waals surface area contributed by atoms with Crippen LogP contribution in [-0.2, 0) is 5.41 Å². The molecule has 0 radical (unpaired) electrons. The summed E-state index contributed by atoms with van der Waals surface area (Å²) >= 11 is 1.85. The second-order valence-corrected chi connectivity index (χ2v) is 17.3. The predicted octanol–water partition coefficient (Wildman–Crippen LogP) is 14.9. The van der Waals surface area contributed by atoms with Crippen molar-refractivity contribution in [2.75, 3.05) is 0 Å². The maximum Gasteiger partial charge on any atom is 0.164 e. The molecule has 3 nitrogen and oxygen atoms in total. The number of fused-ring (bicyclic) bond motifs is 13. The molecule has 0 bridgehead atoms. The van der Waals surface area contributed by atoms with E-state index in [9.17, 15) is 0 Å². The summed E-state index contributed by atoms with van der Waals surface area (Å²) in [4.78, 5) is 16.1. The lowest BCUT2D eigenvalue weighted by atomic mass is 9.69. The van der Waals surface area contributed by atoms with Crippen LogP contribution >= 0.6 is 11.3 Å². The average Bonchev–Trinajstić information content (AvgIpc) is 3.99. The molecule has 0 amide bonds. The molecule has 2 aromatic heterocycles. The number of aromatic nitrogens is 3. The van der Waals surface area contributed by atoms with Crippen molar-refractivity contribution in [2.45, 2.75) is 5.41 Å². The maximum absolute atomic E-state index is 5.44. The Kier molecular flexibility index (Phi) is 7.69. The molecule has 13 rings (SSSR count). The third-order valence-corrected chi connectivity index (χ3v) is 14.1. The largest absolute Gasteiger partial charge is 0.208 e. The topological polar surface area (TPSA) is 38.7 Å². The van der Waals surface area contributed by atoms with Gasteiger partial charge in [-0.3, -0.25) is 0 Å². The molecule has 2 aliphatic rings. The number of hydrogen-bond donors (Lipinski definition) is 0. The van der Waals surface area contributed by atoms with Gasteiger partial charge in [0.05, 0.1) is 5.41 Å². The van der Waals surface area contributed by atoms with Crippen molar-refractivity contribution >= 4 is 31.5 Å². The molecule has 9 aromatic carbocycles. The van der Waals surface area contributed by atoms with E-state index < -0.39 is 5.41 Å². The molecule has 0 atom stereocenters. The van der Waals surface area contributed by atoms with Gasteiger partial charge in [0.15, 0.2) is 17.5 Å². The molecule has 2 heterocycles. The van der Waals surface area contributed by atoms with Gasteiger partial charge in [0.1, 0.15) is 0 Å². The molecule has 4 heteroatoms. The second-order valence-electron chi connectivity index (χ2n) is 16.2. The Hall–Kier alpha value is -7.79. The van der Waals surface area contributed by atoms with Gasteiger partial charge in [-0.1, -0.05) is 200 Å². The molecule has 2 aliphatic carbocycles. The van der Waals surface area contributed by atoms with Gasteiger partial charge >= 0.3 is 0 Å². The van der Waals surface area contributed by atoms with Crippen LogP contribution in [0.4, 0.5) is 0 Å². The minimum Gasteiger partial charge on any atom is -0.208 e. The van der Waals surface area contributed by atoms with E-state index >= 15 is 0 Å². The minimum atomic E-state index is -0.547. The number of benzene rings is 9. The first-order chi connectivity index (χ1) is 30.7. The predicted molar refractivity (Wildman–Crippen MR) is 256 cm³/mol. The van der Waals surface area contributed by atoms with E-state index in [0.29, 0.717) is 17.5 Å². The van der Waals surface area contributed by atoms with Crippen molar-refractivity contribution in [3.8, 4) is 78.7 Å². The number of nitrogens with zero attached hydrogens (tertiary/aromatic N) is 3. The fraction of sp³-hybridized carbons (Fsp3) is 0.0172. The molecule has 0 saturated heterocycles. The number of rotatable bonds is 5. The van der Waals surface area contributed by atoms with Gasteiger partial charge < -0.3 is 0 Å². The van der Waals surface area contributed by atoms with E-state index in [1.165, 1.54) is 75.8 Å². The average molecular weight is 806 g/mol. The maximum atomic E-state index is 5.44.